The van der Waals surface area contributed by atoms with Gasteiger partial charge in [-0.2, -0.15) is 0 Å². The summed E-state index contributed by atoms with van der Waals surface area (Å²) in [4.78, 5) is 25.0. The highest BCUT2D eigenvalue weighted by atomic mass is 32.1. The molecule has 0 aliphatic rings. The van der Waals surface area contributed by atoms with Crippen molar-refractivity contribution in [3.63, 3.8) is 0 Å². The molecule has 0 radical (unpaired) electrons. The quantitative estimate of drug-likeness (QED) is 0.805. The van der Waals surface area contributed by atoms with E-state index in [0.29, 0.717) is 0 Å². The van der Waals surface area contributed by atoms with E-state index in [1.165, 1.54) is 22.3 Å². The average Bonchev–Trinajstić information content (AvgIpc) is 2.85. The first kappa shape index (κ1) is 14.4. The summed E-state index contributed by atoms with van der Waals surface area (Å²) in [6, 6.07) is 3.72. The van der Waals surface area contributed by atoms with Crippen LogP contribution in [0.2, 0.25) is 0 Å². The van der Waals surface area contributed by atoms with Crippen LogP contribution in [0, 0.1) is 0 Å². The molecule has 0 fully saturated rings. The van der Waals surface area contributed by atoms with Crippen molar-refractivity contribution < 1.29 is 14.7 Å². The lowest BCUT2D eigenvalue weighted by Crippen LogP contribution is -2.40. The second kappa shape index (κ2) is 6.96. The minimum Gasteiger partial charge on any atom is -0.480 e. The first-order valence-corrected chi connectivity index (χ1v) is 6.66. The molecule has 1 atom stereocenters. The molecule has 0 aromatic carbocycles. The van der Waals surface area contributed by atoms with Crippen LogP contribution >= 0.6 is 11.3 Å². The predicted octanol–water partition coefficient (Wildman–Crippen LogP) is 2.47. The monoisotopic (exact) mass is 267 g/mol. The second-order valence-electron chi connectivity index (χ2n) is 3.97. The summed E-state index contributed by atoms with van der Waals surface area (Å²) < 4.78 is 0. The molecule has 1 aromatic rings. The first-order valence-electron chi connectivity index (χ1n) is 5.78. The van der Waals surface area contributed by atoms with E-state index in [1.807, 2.05) is 31.4 Å². The molecule has 18 heavy (non-hydrogen) atoms. The van der Waals surface area contributed by atoms with E-state index in [-0.39, 0.29) is 18.5 Å². The number of hydrogen-bond acceptors (Lipinski definition) is 3. The third-order valence-electron chi connectivity index (χ3n) is 2.64. The third kappa shape index (κ3) is 4.33. The van der Waals surface area contributed by atoms with Crippen LogP contribution in [0.15, 0.2) is 23.6 Å². The predicted molar refractivity (Wildman–Crippen MR) is 72.5 cm³/mol. The summed E-state index contributed by atoms with van der Waals surface area (Å²) >= 11 is 1.53. The molecule has 1 amide bonds. The van der Waals surface area contributed by atoms with Gasteiger partial charge >= 0.3 is 5.97 Å². The Morgan fingerprint density at radius 2 is 2.28 bits per heavy atom. The van der Waals surface area contributed by atoms with E-state index >= 15 is 0 Å². The maximum atomic E-state index is 12.0. The fourth-order valence-corrected chi connectivity index (χ4v) is 2.07. The van der Waals surface area contributed by atoms with Crippen molar-refractivity contribution in [1.82, 2.24) is 4.90 Å². The highest BCUT2D eigenvalue weighted by Crippen LogP contribution is 2.11. The molecule has 98 valence electrons. The van der Waals surface area contributed by atoms with Gasteiger partial charge in [-0.1, -0.05) is 13.0 Å². The van der Waals surface area contributed by atoms with Gasteiger partial charge < -0.3 is 10.0 Å². The van der Waals surface area contributed by atoms with Crippen LogP contribution in [0.1, 0.15) is 25.1 Å². The number of carboxylic acids is 1. The van der Waals surface area contributed by atoms with Crippen LogP contribution in [0.3, 0.4) is 0 Å². The largest absolute Gasteiger partial charge is 0.480 e. The lowest BCUT2D eigenvalue weighted by Gasteiger charge is -2.25. The highest BCUT2D eigenvalue weighted by Gasteiger charge is 2.19. The van der Waals surface area contributed by atoms with E-state index in [2.05, 4.69) is 0 Å². The Hall–Kier alpha value is -1.62. The van der Waals surface area contributed by atoms with Crippen molar-refractivity contribution in [2.45, 2.75) is 26.3 Å². The normalized spacial score (nSPS) is 12.6. The number of carbonyl (C=O) groups is 2. The third-order valence-corrected chi connectivity index (χ3v) is 3.48. The van der Waals surface area contributed by atoms with Crippen LogP contribution in [-0.2, 0) is 9.59 Å². The Labute approximate surface area is 111 Å². The van der Waals surface area contributed by atoms with Crippen molar-refractivity contribution >= 4 is 29.3 Å². The van der Waals surface area contributed by atoms with E-state index in [4.69, 9.17) is 5.11 Å². The zero-order valence-corrected chi connectivity index (χ0v) is 11.3. The Kier molecular flexibility index (Phi) is 5.58. The van der Waals surface area contributed by atoms with Crippen LogP contribution < -0.4 is 0 Å². The second-order valence-corrected chi connectivity index (χ2v) is 4.95. The lowest BCUT2D eigenvalue weighted by atomic mass is 10.2. The summed E-state index contributed by atoms with van der Waals surface area (Å²) in [5.41, 5.74) is 0. The summed E-state index contributed by atoms with van der Waals surface area (Å²) in [7, 11) is 0. The summed E-state index contributed by atoms with van der Waals surface area (Å²) in [5, 5.41) is 10.7. The average molecular weight is 267 g/mol. The maximum absolute atomic E-state index is 12.0. The topological polar surface area (TPSA) is 57.6 Å². The number of amides is 1. The highest BCUT2D eigenvalue weighted by molar-refractivity contribution is 7.10. The molecule has 1 aromatic heterocycles. The van der Waals surface area contributed by atoms with E-state index < -0.39 is 5.97 Å². The van der Waals surface area contributed by atoms with Crippen LogP contribution in [0.25, 0.3) is 6.08 Å². The molecule has 1 unspecified atom stereocenters. The fraction of sp³-hybridized carbons (Fsp3) is 0.385. The van der Waals surface area contributed by atoms with Crippen LogP contribution in [0.4, 0.5) is 0 Å². The van der Waals surface area contributed by atoms with Gasteiger partial charge in [-0.25, -0.2) is 0 Å². The molecule has 1 N–H and O–H groups in total. The van der Waals surface area contributed by atoms with E-state index in [1.54, 1.807) is 6.08 Å². The zero-order chi connectivity index (χ0) is 13.5. The molecule has 4 nitrogen and oxygen atoms in total. The van der Waals surface area contributed by atoms with Crippen molar-refractivity contribution in [2.24, 2.45) is 0 Å². The van der Waals surface area contributed by atoms with Gasteiger partial charge in [-0.05, 0) is 30.9 Å². The van der Waals surface area contributed by atoms with Crippen molar-refractivity contribution in [3.8, 4) is 0 Å². The molecular weight excluding hydrogens is 250 g/mol. The summed E-state index contributed by atoms with van der Waals surface area (Å²) in [6.07, 6.45) is 3.87. The molecular formula is C13H17NO3S. The van der Waals surface area contributed by atoms with Crippen molar-refractivity contribution in [2.75, 3.05) is 6.54 Å². The molecule has 5 heteroatoms. The molecule has 0 aliphatic carbocycles. The number of nitrogens with zero attached hydrogens (tertiary/aromatic N) is 1. The fourth-order valence-electron chi connectivity index (χ4n) is 1.45. The molecule has 1 rings (SSSR count). The molecule has 0 bridgehead atoms. The first-order chi connectivity index (χ1) is 8.54. The number of carboxylic acid groups (broad SMARTS) is 1. The van der Waals surface area contributed by atoms with Crippen LogP contribution in [0.5, 0.6) is 0 Å². The smallest absolute Gasteiger partial charge is 0.323 e. The van der Waals surface area contributed by atoms with E-state index in [0.717, 1.165) is 11.3 Å². The van der Waals surface area contributed by atoms with Crippen molar-refractivity contribution in [3.05, 3.63) is 28.5 Å². The van der Waals surface area contributed by atoms with Crippen molar-refractivity contribution in [1.29, 1.82) is 0 Å². The minimum atomic E-state index is -0.992. The molecule has 1 heterocycles. The summed E-state index contributed by atoms with van der Waals surface area (Å²) in [6.45, 7) is 3.51. The number of hydrogen-bond donors (Lipinski definition) is 1. The lowest BCUT2D eigenvalue weighted by molar-refractivity contribution is -0.144. The SMILES string of the molecule is CCC(C)N(CC(=O)O)C(=O)/C=C/c1cccs1. The van der Waals surface area contributed by atoms with Crippen LogP contribution in [-0.4, -0.2) is 34.5 Å². The number of aliphatic carboxylic acids is 1. The standard InChI is InChI=1S/C13H17NO3S/c1-3-10(2)14(9-13(16)17)12(15)7-6-11-5-4-8-18-11/h4-8,10H,3,9H2,1-2H3,(H,16,17)/b7-6+. The van der Waals surface area contributed by atoms with Gasteiger partial charge in [0, 0.05) is 17.0 Å². The van der Waals surface area contributed by atoms with Gasteiger partial charge in [0.1, 0.15) is 6.54 Å². The molecule has 0 saturated carbocycles. The maximum Gasteiger partial charge on any atom is 0.323 e. The Bertz CT molecular complexity index is 425. The summed E-state index contributed by atoms with van der Waals surface area (Å²) in [5.74, 6) is -1.26. The molecule has 0 aliphatic heterocycles. The van der Waals surface area contributed by atoms with Gasteiger partial charge in [0.25, 0.3) is 0 Å². The Morgan fingerprint density at radius 1 is 1.56 bits per heavy atom. The Balaban J connectivity index is 2.72. The molecule has 0 saturated heterocycles. The minimum absolute atomic E-state index is 0.0819. The Morgan fingerprint density at radius 3 is 2.78 bits per heavy atom. The van der Waals surface area contributed by atoms with Gasteiger partial charge in [0.05, 0.1) is 0 Å². The number of thiophene rings is 1. The number of rotatable bonds is 6. The van der Waals surface area contributed by atoms with E-state index in [9.17, 15) is 9.59 Å². The number of carbonyl (C=O) groups excluding carboxylic acids is 1. The van der Waals surface area contributed by atoms with Gasteiger partial charge in [-0.15, -0.1) is 11.3 Å². The zero-order valence-electron chi connectivity index (χ0n) is 10.5. The van der Waals surface area contributed by atoms with Gasteiger partial charge in [0.2, 0.25) is 5.91 Å². The van der Waals surface area contributed by atoms with Gasteiger partial charge in [0.15, 0.2) is 0 Å². The molecule has 0 spiro atoms. The van der Waals surface area contributed by atoms with Gasteiger partial charge in [-0.3, -0.25) is 9.59 Å².